The highest BCUT2D eigenvalue weighted by molar-refractivity contribution is 5.86. The van der Waals surface area contributed by atoms with Crippen molar-refractivity contribution in [2.24, 2.45) is 11.8 Å². The summed E-state index contributed by atoms with van der Waals surface area (Å²) in [6.07, 6.45) is 2.67. The molecule has 2 fully saturated rings. The molecule has 5 heteroatoms. The van der Waals surface area contributed by atoms with E-state index in [-0.39, 0.29) is 17.7 Å². The predicted octanol–water partition coefficient (Wildman–Crippen LogP) is 0.308. The fraction of sp³-hybridized carbons (Fsp3) is 0.833. The van der Waals surface area contributed by atoms with Gasteiger partial charge in [-0.05, 0) is 31.7 Å². The highest BCUT2D eigenvalue weighted by Crippen LogP contribution is 2.27. The van der Waals surface area contributed by atoms with E-state index in [1.165, 1.54) is 0 Å². The number of piperidine rings is 1. The maximum atomic E-state index is 12.3. The molecule has 2 aliphatic rings. The standard InChI is InChI=1S/C12H20N2O3/c1-8-4-6-14(10(8)12(16)17)11(15)9-3-2-5-13-7-9/h8-10,13H,2-7H2,1H3,(H,16,17)/t8?,9-,10?/m1/s1. The molecule has 3 atom stereocenters. The number of nitrogens with zero attached hydrogens (tertiary/aromatic N) is 1. The van der Waals surface area contributed by atoms with Gasteiger partial charge in [0, 0.05) is 13.1 Å². The molecule has 0 bridgehead atoms. The van der Waals surface area contributed by atoms with Gasteiger partial charge in [-0.25, -0.2) is 4.79 Å². The Morgan fingerprint density at radius 3 is 2.71 bits per heavy atom. The van der Waals surface area contributed by atoms with Crippen molar-refractivity contribution in [3.8, 4) is 0 Å². The van der Waals surface area contributed by atoms with Gasteiger partial charge in [-0.15, -0.1) is 0 Å². The summed E-state index contributed by atoms with van der Waals surface area (Å²) in [7, 11) is 0. The third-order valence-electron chi connectivity index (χ3n) is 3.88. The van der Waals surface area contributed by atoms with E-state index >= 15 is 0 Å². The molecule has 2 rings (SSSR count). The predicted molar refractivity (Wildman–Crippen MR) is 62.5 cm³/mol. The molecule has 2 aliphatic heterocycles. The zero-order valence-electron chi connectivity index (χ0n) is 10.2. The fourth-order valence-corrected chi connectivity index (χ4v) is 2.87. The molecule has 5 nitrogen and oxygen atoms in total. The topological polar surface area (TPSA) is 69.6 Å². The molecular weight excluding hydrogens is 220 g/mol. The second-order valence-corrected chi connectivity index (χ2v) is 5.12. The van der Waals surface area contributed by atoms with Crippen LogP contribution in [0, 0.1) is 11.8 Å². The minimum atomic E-state index is -0.868. The van der Waals surface area contributed by atoms with Gasteiger partial charge >= 0.3 is 5.97 Å². The number of rotatable bonds is 2. The minimum Gasteiger partial charge on any atom is -0.480 e. The molecule has 2 unspecified atom stereocenters. The van der Waals surface area contributed by atoms with Crippen molar-refractivity contribution in [2.75, 3.05) is 19.6 Å². The van der Waals surface area contributed by atoms with E-state index in [2.05, 4.69) is 5.32 Å². The van der Waals surface area contributed by atoms with Gasteiger partial charge in [-0.1, -0.05) is 6.92 Å². The Bertz CT molecular complexity index is 313. The van der Waals surface area contributed by atoms with Crippen LogP contribution < -0.4 is 5.32 Å². The number of likely N-dealkylation sites (tertiary alicyclic amines) is 1. The maximum Gasteiger partial charge on any atom is 0.326 e. The SMILES string of the molecule is CC1CCN(C(=O)[C@@H]2CCCNC2)C1C(=O)O. The smallest absolute Gasteiger partial charge is 0.326 e. The highest BCUT2D eigenvalue weighted by Gasteiger charge is 2.41. The van der Waals surface area contributed by atoms with E-state index in [0.29, 0.717) is 13.1 Å². The number of amides is 1. The first-order chi connectivity index (χ1) is 8.11. The summed E-state index contributed by atoms with van der Waals surface area (Å²) in [6.45, 7) is 4.15. The summed E-state index contributed by atoms with van der Waals surface area (Å²) in [5.74, 6) is -0.815. The van der Waals surface area contributed by atoms with E-state index in [4.69, 9.17) is 0 Å². The molecule has 2 heterocycles. The Morgan fingerprint density at radius 2 is 2.12 bits per heavy atom. The third kappa shape index (κ3) is 2.44. The van der Waals surface area contributed by atoms with Crippen molar-refractivity contribution in [1.82, 2.24) is 10.2 Å². The number of hydrogen-bond acceptors (Lipinski definition) is 3. The number of carboxylic acids is 1. The average molecular weight is 240 g/mol. The van der Waals surface area contributed by atoms with E-state index in [0.717, 1.165) is 25.8 Å². The number of carbonyl (C=O) groups excluding carboxylic acids is 1. The van der Waals surface area contributed by atoms with Crippen LogP contribution >= 0.6 is 0 Å². The van der Waals surface area contributed by atoms with Crippen LogP contribution in [0.4, 0.5) is 0 Å². The van der Waals surface area contributed by atoms with Crippen LogP contribution in [0.25, 0.3) is 0 Å². The summed E-state index contributed by atoms with van der Waals surface area (Å²) in [5.41, 5.74) is 0. The summed E-state index contributed by atoms with van der Waals surface area (Å²) in [4.78, 5) is 25.1. The lowest BCUT2D eigenvalue weighted by molar-refractivity contribution is -0.151. The average Bonchev–Trinajstić information content (AvgIpc) is 2.71. The lowest BCUT2D eigenvalue weighted by Gasteiger charge is -2.30. The van der Waals surface area contributed by atoms with Crippen LogP contribution in [-0.2, 0) is 9.59 Å². The van der Waals surface area contributed by atoms with Gasteiger partial charge < -0.3 is 15.3 Å². The van der Waals surface area contributed by atoms with Crippen LogP contribution in [0.5, 0.6) is 0 Å². The van der Waals surface area contributed by atoms with Gasteiger partial charge in [-0.3, -0.25) is 4.79 Å². The van der Waals surface area contributed by atoms with Crippen LogP contribution in [-0.4, -0.2) is 47.6 Å². The first-order valence-corrected chi connectivity index (χ1v) is 6.35. The Labute approximate surface area is 101 Å². The molecule has 0 aliphatic carbocycles. The Hall–Kier alpha value is -1.10. The molecule has 0 spiro atoms. The zero-order chi connectivity index (χ0) is 12.4. The largest absolute Gasteiger partial charge is 0.480 e. The molecule has 0 aromatic heterocycles. The number of aliphatic carboxylic acids is 1. The van der Waals surface area contributed by atoms with Crippen molar-refractivity contribution in [1.29, 1.82) is 0 Å². The summed E-state index contributed by atoms with van der Waals surface area (Å²) >= 11 is 0. The van der Waals surface area contributed by atoms with Crippen molar-refractivity contribution in [3.05, 3.63) is 0 Å². The van der Waals surface area contributed by atoms with Crippen LogP contribution in [0.15, 0.2) is 0 Å². The second-order valence-electron chi connectivity index (χ2n) is 5.12. The normalized spacial score (nSPS) is 33.7. The van der Waals surface area contributed by atoms with Crippen LogP contribution in [0.1, 0.15) is 26.2 Å². The van der Waals surface area contributed by atoms with E-state index in [1.807, 2.05) is 6.92 Å². The van der Waals surface area contributed by atoms with Gasteiger partial charge in [0.25, 0.3) is 0 Å². The first-order valence-electron chi connectivity index (χ1n) is 6.35. The van der Waals surface area contributed by atoms with E-state index < -0.39 is 12.0 Å². The monoisotopic (exact) mass is 240 g/mol. The lowest BCUT2D eigenvalue weighted by Crippen LogP contribution is -2.48. The van der Waals surface area contributed by atoms with E-state index in [9.17, 15) is 14.7 Å². The van der Waals surface area contributed by atoms with Gasteiger partial charge in [0.05, 0.1) is 5.92 Å². The first kappa shape index (κ1) is 12.4. The van der Waals surface area contributed by atoms with E-state index in [1.54, 1.807) is 4.90 Å². The van der Waals surface area contributed by atoms with Crippen molar-refractivity contribution in [3.63, 3.8) is 0 Å². The Balaban J connectivity index is 2.05. The van der Waals surface area contributed by atoms with Crippen LogP contribution in [0.2, 0.25) is 0 Å². The maximum absolute atomic E-state index is 12.3. The summed E-state index contributed by atoms with van der Waals surface area (Å²) in [6, 6.07) is -0.621. The Kier molecular flexibility index (Phi) is 3.66. The number of nitrogens with one attached hydrogen (secondary N) is 1. The molecule has 96 valence electrons. The van der Waals surface area contributed by atoms with Gasteiger partial charge in [0.2, 0.25) is 5.91 Å². The molecule has 0 radical (unpaired) electrons. The van der Waals surface area contributed by atoms with Crippen LogP contribution in [0.3, 0.4) is 0 Å². The van der Waals surface area contributed by atoms with Gasteiger partial charge in [0.1, 0.15) is 6.04 Å². The number of carboxylic acid groups (broad SMARTS) is 1. The fourth-order valence-electron chi connectivity index (χ4n) is 2.87. The summed E-state index contributed by atoms with van der Waals surface area (Å²) < 4.78 is 0. The molecule has 0 aromatic rings. The van der Waals surface area contributed by atoms with Crippen molar-refractivity contribution < 1.29 is 14.7 Å². The molecular formula is C12H20N2O3. The van der Waals surface area contributed by atoms with Crippen molar-refractivity contribution in [2.45, 2.75) is 32.2 Å². The highest BCUT2D eigenvalue weighted by atomic mass is 16.4. The lowest BCUT2D eigenvalue weighted by atomic mass is 9.97. The molecule has 2 N–H and O–H groups in total. The quantitative estimate of drug-likeness (QED) is 0.728. The van der Waals surface area contributed by atoms with Gasteiger partial charge in [-0.2, -0.15) is 0 Å². The molecule has 1 amide bonds. The summed E-state index contributed by atoms with van der Waals surface area (Å²) in [5, 5.41) is 12.4. The van der Waals surface area contributed by atoms with Gasteiger partial charge in [0.15, 0.2) is 0 Å². The minimum absolute atomic E-state index is 0.0222. The second kappa shape index (κ2) is 5.04. The Morgan fingerprint density at radius 1 is 1.35 bits per heavy atom. The molecule has 0 aromatic carbocycles. The number of hydrogen-bond donors (Lipinski definition) is 2. The molecule has 2 saturated heterocycles. The number of carbonyl (C=O) groups is 2. The molecule has 0 saturated carbocycles. The zero-order valence-corrected chi connectivity index (χ0v) is 10.2. The third-order valence-corrected chi connectivity index (χ3v) is 3.88. The molecule has 17 heavy (non-hydrogen) atoms. The van der Waals surface area contributed by atoms with Crippen molar-refractivity contribution >= 4 is 11.9 Å².